The Morgan fingerprint density at radius 1 is 1.21 bits per heavy atom. The Hall–Kier alpha value is -2.43. The predicted molar refractivity (Wildman–Crippen MR) is 97.0 cm³/mol. The lowest BCUT2D eigenvalue weighted by atomic mass is 9.98. The van der Waals surface area contributed by atoms with Crippen LogP contribution < -0.4 is 4.90 Å². The Bertz CT molecular complexity index is 811. The summed E-state index contributed by atoms with van der Waals surface area (Å²) in [6.07, 6.45) is 14.4. The first kappa shape index (κ1) is 15.1. The van der Waals surface area contributed by atoms with Crippen molar-refractivity contribution in [2.75, 3.05) is 18.0 Å². The van der Waals surface area contributed by atoms with Crippen LogP contribution in [-0.4, -0.2) is 33.0 Å². The third-order valence-corrected chi connectivity index (χ3v) is 5.19. The van der Waals surface area contributed by atoms with Gasteiger partial charge in [0.05, 0.1) is 0 Å². The molecule has 3 aromatic heterocycles. The number of pyridine rings is 1. The van der Waals surface area contributed by atoms with Crippen LogP contribution in [0.5, 0.6) is 0 Å². The number of aromatic nitrogens is 4. The molecule has 1 aliphatic heterocycles. The number of hydrogen-bond acceptors (Lipinski definition) is 4. The van der Waals surface area contributed by atoms with Gasteiger partial charge in [0.25, 0.3) is 0 Å². The second kappa shape index (κ2) is 6.59. The summed E-state index contributed by atoms with van der Waals surface area (Å²) in [6, 6.07) is 2.15. The fraction of sp³-hybridized carbons (Fsp3) is 0.421. The van der Waals surface area contributed by atoms with Crippen LogP contribution in [0.1, 0.15) is 32.6 Å². The number of fused-ring (bicyclic) bond motifs is 1. The number of H-pyrrole nitrogens is 1. The maximum absolute atomic E-state index is 4.51. The Balaban J connectivity index is 1.77. The summed E-state index contributed by atoms with van der Waals surface area (Å²) in [5.74, 6) is 0.862. The van der Waals surface area contributed by atoms with Gasteiger partial charge in [-0.15, -0.1) is 0 Å². The van der Waals surface area contributed by atoms with Crippen molar-refractivity contribution in [3.05, 3.63) is 37.2 Å². The molecule has 4 rings (SSSR count). The SMILES string of the molecule is CCC1CCCN(c2ccnc3[nH]cc(-c4cncnc4)c23)CC1. The number of aromatic amines is 1. The fourth-order valence-electron chi connectivity index (χ4n) is 3.78. The zero-order valence-electron chi connectivity index (χ0n) is 14.1. The van der Waals surface area contributed by atoms with Gasteiger partial charge in [0.2, 0.25) is 0 Å². The van der Waals surface area contributed by atoms with Gasteiger partial charge >= 0.3 is 0 Å². The van der Waals surface area contributed by atoms with Gasteiger partial charge in [-0.3, -0.25) is 0 Å². The van der Waals surface area contributed by atoms with E-state index in [2.05, 4.69) is 37.8 Å². The van der Waals surface area contributed by atoms with Crippen LogP contribution in [0.15, 0.2) is 37.2 Å². The van der Waals surface area contributed by atoms with Crippen LogP contribution in [0.3, 0.4) is 0 Å². The van der Waals surface area contributed by atoms with Crippen LogP contribution >= 0.6 is 0 Å². The fourth-order valence-corrected chi connectivity index (χ4v) is 3.78. The molecule has 124 valence electrons. The number of nitrogens with zero attached hydrogens (tertiary/aromatic N) is 4. The van der Waals surface area contributed by atoms with E-state index in [-0.39, 0.29) is 0 Å². The molecule has 0 aromatic carbocycles. The topological polar surface area (TPSA) is 57.7 Å². The van der Waals surface area contributed by atoms with E-state index in [1.54, 1.807) is 6.33 Å². The third-order valence-electron chi connectivity index (χ3n) is 5.19. The number of anilines is 1. The van der Waals surface area contributed by atoms with Crippen LogP contribution in [0.4, 0.5) is 5.69 Å². The first-order valence-corrected chi connectivity index (χ1v) is 8.83. The van der Waals surface area contributed by atoms with Crippen LogP contribution in [0.2, 0.25) is 0 Å². The van der Waals surface area contributed by atoms with Gasteiger partial charge in [0.1, 0.15) is 12.0 Å². The second-order valence-corrected chi connectivity index (χ2v) is 6.58. The average molecular weight is 321 g/mol. The standard InChI is InChI=1S/C19H23N5/c1-2-14-4-3-8-24(9-6-14)17-5-7-22-19-18(17)16(12-23-19)15-10-20-13-21-11-15/h5,7,10-14H,2-4,6,8-9H2,1H3,(H,22,23). The van der Waals surface area contributed by atoms with E-state index >= 15 is 0 Å². The second-order valence-electron chi connectivity index (χ2n) is 6.58. The van der Waals surface area contributed by atoms with Gasteiger partial charge < -0.3 is 9.88 Å². The molecule has 5 heteroatoms. The van der Waals surface area contributed by atoms with Crippen LogP contribution in [-0.2, 0) is 0 Å². The molecule has 1 atom stereocenters. The highest BCUT2D eigenvalue weighted by molar-refractivity contribution is 6.02. The smallest absolute Gasteiger partial charge is 0.139 e. The summed E-state index contributed by atoms with van der Waals surface area (Å²) >= 11 is 0. The van der Waals surface area contributed by atoms with Crippen LogP contribution in [0, 0.1) is 5.92 Å². The van der Waals surface area contributed by atoms with Crippen molar-refractivity contribution < 1.29 is 0 Å². The molecule has 3 aromatic rings. The largest absolute Gasteiger partial charge is 0.371 e. The lowest BCUT2D eigenvalue weighted by molar-refractivity contribution is 0.459. The molecule has 1 fully saturated rings. The highest BCUT2D eigenvalue weighted by Crippen LogP contribution is 2.35. The summed E-state index contributed by atoms with van der Waals surface area (Å²) in [5, 5.41) is 1.18. The molecule has 1 N–H and O–H groups in total. The summed E-state index contributed by atoms with van der Waals surface area (Å²) in [4.78, 5) is 18.7. The van der Waals surface area contributed by atoms with E-state index in [0.29, 0.717) is 0 Å². The first-order valence-electron chi connectivity index (χ1n) is 8.83. The van der Waals surface area contributed by atoms with E-state index in [9.17, 15) is 0 Å². The molecular formula is C19H23N5. The van der Waals surface area contributed by atoms with Crippen molar-refractivity contribution in [1.82, 2.24) is 19.9 Å². The average Bonchev–Trinajstić information content (AvgIpc) is 2.93. The summed E-state index contributed by atoms with van der Waals surface area (Å²) in [5.41, 5.74) is 4.36. The monoisotopic (exact) mass is 321 g/mol. The molecule has 1 unspecified atom stereocenters. The summed E-state index contributed by atoms with van der Waals surface area (Å²) in [7, 11) is 0. The van der Waals surface area contributed by atoms with Gasteiger partial charge in [-0.05, 0) is 31.2 Å². The molecule has 24 heavy (non-hydrogen) atoms. The molecule has 0 bridgehead atoms. The molecule has 1 aliphatic rings. The minimum Gasteiger partial charge on any atom is -0.371 e. The minimum absolute atomic E-state index is 0.862. The van der Waals surface area contributed by atoms with Crippen molar-refractivity contribution in [1.29, 1.82) is 0 Å². The maximum Gasteiger partial charge on any atom is 0.139 e. The number of hydrogen-bond donors (Lipinski definition) is 1. The maximum atomic E-state index is 4.51. The highest BCUT2D eigenvalue weighted by Gasteiger charge is 2.20. The van der Waals surface area contributed by atoms with Gasteiger partial charge in [-0.25, -0.2) is 15.0 Å². The molecule has 0 saturated carbocycles. The molecule has 1 saturated heterocycles. The molecule has 0 spiro atoms. The van der Waals surface area contributed by atoms with E-state index in [4.69, 9.17) is 0 Å². The van der Waals surface area contributed by atoms with Crippen molar-refractivity contribution >= 4 is 16.7 Å². The minimum atomic E-state index is 0.862. The Morgan fingerprint density at radius 3 is 2.92 bits per heavy atom. The molecule has 5 nitrogen and oxygen atoms in total. The van der Waals surface area contributed by atoms with Crippen molar-refractivity contribution in [2.45, 2.75) is 32.6 Å². The van der Waals surface area contributed by atoms with Crippen molar-refractivity contribution in [3.63, 3.8) is 0 Å². The summed E-state index contributed by atoms with van der Waals surface area (Å²) < 4.78 is 0. The van der Waals surface area contributed by atoms with Gasteiger partial charge in [0.15, 0.2) is 0 Å². The quantitative estimate of drug-likeness (QED) is 0.791. The molecule has 4 heterocycles. The Labute approximate surface area is 142 Å². The Morgan fingerprint density at radius 2 is 2.08 bits per heavy atom. The van der Waals surface area contributed by atoms with Gasteiger partial charge in [-0.2, -0.15) is 0 Å². The highest BCUT2D eigenvalue weighted by atomic mass is 15.1. The molecular weight excluding hydrogens is 298 g/mol. The zero-order valence-corrected chi connectivity index (χ0v) is 14.1. The lowest BCUT2D eigenvalue weighted by Gasteiger charge is -2.24. The van der Waals surface area contributed by atoms with E-state index in [1.165, 1.54) is 36.8 Å². The van der Waals surface area contributed by atoms with Crippen molar-refractivity contribution in [3.8, 4) is 11.1 Å². The summed E-state index contributed by atoms with van der Waals surface area (Å²) in [6.45, 7) is 4.55. The number of rotatable bonds is 3. The molecule has 0 radical (unpaired) electrons. The predicted octanol–water partition coefficient (Wildman–Crippen LogP) is 4.04. The van der Waals surface area contributed by atoms with E-state index in [1.807, 2.05) is 24.8 Å². The first-order chi connectivity index (χ1) is 11.9. The lowest BCUT2D eigenvalue weighted by Crippen LogP contribution is -2.24. The van der Waals surface area contributed by atoms with E-state index < -0.39 is 0 Å². The number of nitrogens with one attached hydrogen (secondary N) is 1. The van der Waals surface area contributed by atoms with Gasteiger partial charge in [0, 0.05) is 60.1 Å². The molecule has 0 aliphatic carbocycles. The Kier molecular flexibility index (Phi) is 4.15. The van der Waals surface area contributed by atoms with E-state index in [0.717, 1.165) is 35.8 Å². The van der Waals surface area contributed by atoms with Gasteiger partial charge in [-0.1, -0.05) is 13.3 Å². The van der Waals surface area contributed by atoms with Crippen LogP contribution in [0.25, 0.3) is 22.2 Å². The third kappa shape index (κ3) is 2.75. The normalized spacial score (nSPS) is 18.7. The van der Waals surface area contributed by atoms with Crippen molar-refractivity contribution in [2.24, 2.45) is 5.92 Å². The molecule has 0 amide bonds. The zero-order chi connectivity index (χ0) is 16.4.